The van der Waals surface area contributed by atoms with Crippen LogP contribution in [0.15, 0.2) is 4.34 Å². The molecule has 23 heavy (non-hydrogen) atoms. The fraction of sp³-hybridized carbons (Fsp3) is 0.615. The lowest BCUT2D eigenvalue weighted by atomic mass is 10.2. The van der Waals surface area contributed by atoms with E-state index in [0.717, 1.165) is 41.1 Å². The summed E-state index contributed by atoms with van der Waals surface area (Å²) in [5.74, 6) is 2.43. The van der Waals surface area contributed by atoms with Gasteiger partial charge >= 0.3 is 0 Å². The monoisotopic (exact) mass is 353 g/mol. The Morgan fingerprint density at radius 1 is 1.52 bits per heavy atom. The minimum absolute atomic E-state index is 0.0756. The first-order chi connectivity index (χ1) is 11.2. The number of nitrogens with zero attached hydrogens (tertiary/aromatic N) is 5. The van der Waals surface area contributed by atoms with Crippen molar-refractivity contribution in [2.75, 3.05) is 24.2 Å². The van der Waals surface area contributed by atoms with Crippen LogP contribution in [0.25, 0.3) is 0 Å². The molecule has 1 aliphatic heterocycles. The predicted molar refractivity (Wildman–Crippen MR) is 89.6 cm³/mol. The number of nitrogens with one attached hydrogen (secondary N) is 2. The van der Waals surface area contributed by atoms with E-state index < -0.39 is 0 Å². The maximum atomic E-state index is 12.2. The van der Waals surface area contributed by atoms with Crippen LogP contribution in [0.4, 0.5) is 5.13 Å². The molecule has 2 N–H and O–H groups in total. The second-order valence-electron chi connectivity index (χ2n) is 5.26. The molecule has 10 heteroatoms. The van der Waals surface area contributed by atoms with Crippen LogP contribution in [0.1, 0.15) is 37.5 Å². The molecule has 3 rings (SSSR count). The quantitative estimate of drug-likeness (QED) is 0.604. The maximum absolute atomic E-state index is 12.2. The van der Waals surface area contributed by atoms with E-state index in [4.69, 9.17) is 0 Å². The van der Waals surface area contributed by atoms with Crippen LogP contribution in [-0.4, -0.2) is 55.0 Å². The number of hydrogen-bond donors (Lipinski definition) is 2. The van der Waals surface area contributed by atoms with E-state index in [9.17, 15) is 4.79 Å². The number of aromatic amines is 1. The van der Waals surface area contributed by atoms with Crippen molar-refractivity contribution in [1.29, 1.82) is 0 Å². The highest BCUT2D eigenvalue weighted by Crippen LogP contribution is 2.29. The van der Waals surface area contributed by atoms with Crippen molar-refractivity contribution in [3.8, 4) is 0 Å². The number of rotatable bonds is 6. The minimum atomic E-state index is -0.0756. The van der Waals surface area contributed by atoms with E-state index in [0.29, 0.717) is 11.7 Å². The number of carbonyl (C=O) groups is 1. The predicted octanol–water partition coefficient (Wildman–Crippen LogP) is 1.85. The number of H-pyrrole nitrogens is 1. The van der Waals surface area contributed by atoms with Crippen molar-refractivity contribution in [2.45, 2.75) is 37.1 Å². The molecule has 1 saturated heterocycles. The van der Waals surface area contributed by atoms with E-state index in [2.05, 4.69) is 42.5 Å². The molecule has 0 spiro atoms. The molecule has 1 atom stereocenters. The van der Waals surface area contributed by atoms with Crippen molar-refractivity contribution in [1.82, 2.24) is 30.3 Å². The number of carbonyl (C=O) groups excluding carboxylic acids is 1. The Balaban J connectivity index is 1.58. The van der Waals surface area contributed by atoms with Crippen molar-refractivity contribution in [2.24, 2.45) is 0 Å². The van der Waals surface area contributed by atoms with E-state index in [1.807, 2.05) is 6.92 Å². The van der Waals surface area contributed by atoms with Crippen molar-refractivity contribution >= 4 is 34.1 Å². The molecule has 3 heterocycles. The fourth-order valence-electron chi connectivity index (χ4n) is 2.60. The molecule has 2 aromatic heterocycles. The lowest BCUT2D eigenvalue weighted by Gasteiger charge is -2.20. The summed E-state index contributed by atoms with van der Waals surface area (Å²) in [6, 6.07) is 0.103. The molecule has 1 amide bonds. The van der Waals surface area contributed by atoms with Crippen LogP contribution >= 0.6 is 23.1 Å². The Morgan fingerprint density at radius 3 is 3.13 bits per heavy atom. The molecular weight excluding hydrogens is 334 g/mol. The Bertz CT molecular complexity index is 671. The molecule has 0 saturated carbocycles. The normalized spacial score (nSPS) is 18.4. The third kappa shape index (κ3) is 4.06. The highest BCUT2D eigenvalue weighted by molar-refractivity contribution is 8.01. The molecule has 1 fully saturated rings. The summed E-state index contributed by atoms with van der Waals surface area (Å²) in [7, 11) is 0. The first-order valence-corrected chi connectivity index (χ1v) is 9.35. The van der Waals surface area contributed by atoms with Gasteiger partial charge in [0.1, 0.15) is 5.82 Å². The number of anilines is 1. The van der Waals surface area contributed by atoms with Gasteiger partial charge < -0.3 is 0 Å². The number of amides is 1. The molecule has 8 nitrogen and oxygen atoms in total. The molecule has 0 aliphatic carbocycles. The molecule has 1 unspecified atom stereocenters. The van der Waals surface area contributed by atoms with E-state index >= 15 is 0 Å². The van der Waals surface area contributed by atoms with Crippen LogP contribution in [0.3, 0.4) is 0 Å². The van der Waals surface area contributed by atoms with Gasteiger partial charge in [0, 0.05) is 0 Å². The summed E-state index contributed by atoms with van der Waals surface area (Å²) in [6.07, 6.45) is 2.02. The van der Waals surface area contributed by atoms with Crippen molar-refractivity contribution in [3.05, 3.63) is 11.6 Å². The van der Waals surface area contributed by atoms with E-state index in [-0.39, 0.29) is 11.9 Å². The van der Waals surface area contributed by atoms with Gasteiger partial charge in [0.2, 0.25) is 11.0 Å². The Labute approximate surface area is 142 Å². The van der Waals surface area contributed by atoms with Gasteiger partial charge in [-0.1, -0.05) is 30.0 Å². The van der Waals surface area contributed by atoms with Gasteiger partial charge in [0.05, 0.1) is 12.6 Å². The van der Waals surface area contributed by atoms with Crippen molar-refractivity contribution < 1.29 is 4.79 Å². The highest BCUT2D eigenvalue weighted by atomic mass is 32.2. The third-order valence-corrected chi connectivity index (χ3v) is 5.40. The maximum Gasteiger partial charge on any atom is 0.240 e. The number of thioether (sulfide) groups is 1. The molecule has 2 aromatic rings. The zero-order valence-electron chi connectivity index (χ0n) is 13.1. The van der Waals surface area contributed by atoms with Crippen LogP contribution in [0.2, 0.25) is 0 Å². The van der Waals surface area contributed by atoms with Gasteiger partial charge in [-0.2, -0.15) is 5.10 Å². The topological polar surface area (TPSA) is 99.7 Å². The molecule has 1 aliphatic rings. The summed E-state index contributed by atoms with van der Waals surface area (Å²) in [4.78, 5) is 18.8. The Morgan fingerprint density at radius 2 is 2.39 bits per heavy atom. The number of aromatic nitrogens is 5. The summed E-state index contributed by atoms with van der Waals surface area (Å²) < 4.78 is 0.873. The van der Waals surface area contributed by atoms with Crippen LogP contribution in [0.5, 0.6) is 0 Å². The SMILES string of the molecule is CCSc1nnc(NC(=O)CN2CCCC2c2n[nH]c(C)n2)s1. The Hall–Kier alpha value is -1.52. The van der Waals surface area contributed by atoms with E-state index in [1.54, 1.807) is 11.8 Å². The van der Waals surface area contributed by atoms with Crippen molar-refractivity contribution in [3.63, 3.8) is 0 Å². The standard InChI is InChI=1S/C13H19N7OS2/c1-3-22-13-19-18-12(23-13)15-10(21)7-20-6-4-5-9(20)11-14-8(2)16-17-11/h9H,3-7H2,1-2H3,(H,14,16,17)(H,15,18,21). The van der Waals surface area contributed by atoms with E-state index in [1.165, 1.54) is 11.3 Å². The summed E-state index contributed by atoms with van der Waals surface area (Å²) in [5, 5.41) is 18.5. The average Bonchev–Trinajstić information content (AvgIpc) is 3.21. The van der Waals surface area contributed by atoms with Gasteiger partial charge in [-0.25, -0.2) is 4.98 Å². The Kier molecular flexibility index (Phi) is 5.23. The van der Waals surface area contributed by atoms with Gasteiger partial charge in [-0.3, -0.25) is 20.1 Å². The lowest BCUT2D eigenvalue weighted by molar-refractivity contribution is -0.117. The second kappa shape index (κ2) is 7.37. The molecule has 124 valence electrons. The third-order valence-electron chi connectivity index (χ3n) is 3.54. The van der Waals surface area contributed by atoms with Crippen LogP contribution < -0.4 is 5.32 Å². The lowest BCUT2D eigenvalue weighted by Crippen LogP contribution is -2.33. The van der Waals surface area contributed by atoms with Gasteiger partial charge in [-0.05, 0) is 32.1 Å². The minimum Gasteiger partial charge on any atom is -0.299 e. The molecular formula is C13H19N7OS2. The van der Waals surface area contributed by atoms with Gasteiger partial charge in [-0.15, -0.1) is 10.2 Å². The van der Waals surface area contributed by atoms with Crippen LogP contribution in [0, 0.1) is 6.92 Å². The van der Waals surface area contributed by atoms with Gasteiger partial charge in [0.25, 0.3) is 0 Å². The average molecular weight is 353 g/mol. The number of hydrogen-bond acceptors (Lipinski definition) is 8. The smallest absolute Gasteiger partial charge is 0.240 e. The number of aryl methyl sites for hydroxylation is 1. The second-order valence-corrected chi connectivity index (χ2v) is 7.75. The van der Waals surface area contributed by atoms with Gasteiger partial charge in [0.15, 0.2) is 10.2 Å². The highest BCUT2D eigenvalue weighted by Gasteiger charge is 2.30. The first-order valence-electron chi connectivity index (χ1n) is 7.55. The molecule has 0 aromatic carbocycles. The fourth-order valence-corrected chi connectivity index (χ4v) is 4.27. The van der Waals surface area contributed by atoms with Crippen LogP contribution in [-0.2, 0) is 4.79 Å². The largest absolute Gasteiger partial charge is 0.299 e. The summed E-state index contributed by atoms with van der Waals surface area (Å²) in [5.41, 5.74) is 0. The molecule has 0 bridgehead atoms. The zero-order valence-corrected chi connectivity index (χ0v) is 14.7. The molecule has 0 radical (unpaired) electrons. The first kappa shape index (κ1) is 16.3. The summed E-state index contributed by atoms with van der Waals surface area (Å²) >= 11 is 3.02. The zero-order chi connectivity index (χ0) is 16.2. The number of likely N-dealkylation sites (tertiary alicyclic amines) is 1. The summed E-state index contributed by atoms with van der Waals surface area (Å²) in [6.45, 7) is 5.12.